The van der Waals surface area contributed by atoms with Gasteiger partial charge in [0.05, 0.1) is 12.7 Å². The van der Waals surface area contributed by atoms with Crippen molar-refractivity contribution in [1.82, 2.24) is 0 Å². The van der Waals surface area contributed by atoms with Gasteiger partial charge in [-0.1, -0.05) is 25.5 Å². The van der Waals surface area contributed by atoms with E-state index >= 15 is 0 Å². The SMILES string of the molecule is CCCC(O)C(CN)c1ccc(OCC)cc1. The Bertz CT molecular complexity index is 311. The third kappa shape index (κ3) is 4.02. The molecule has 0 fully saturated rings. The van der Waals surface area contributed by atoms with Crippen LogP contribution in [0.2, 0.25) is 0 Å². The van der Waals surface area contributed by atoms with E-state index in [1.807, 2.05) is 31.2 Å². The molecule has 0 bridgehead atoms. The number of aliphatic hydroxyl groups excluding tert-OH is 1. The maximum atomic E-state index is 10.0. The largest absolute Gasteiger partial charge is 0.494 e. The lowest BCUT2D eigenvalue weighted by Gasteiger charge is -2.21. The van der Waals surface area contributed by atoms with Crippen molar-refractivity contribution in [2.45, 2.75) is 38.7 Å². The van der Waals surface area contributed by atoms with Gasteiger partial charge in [0, 0.05) is 12.5 Å². The van der Waals surface area contributed by atoms with Crippen molar-refractivity contribution >= 4 is 0 Å². The zero-order valence-corrected chi connectivity index (χ0v) is 10.7. The third-order valence-electron chi connectivity index (χ3n) is 2.92. The Hall–Kier alpha value is -1.06. The Labute approximate surface area is 104 Å². The van der Waals surface area contributed by atoms with Crippen LogP contribution < -0.4 is 10.5 Å². The molecule has 3 N–H and O–H groups in total. The minimum atomic E-state index is -0.358. The fourth-order valence-corrected chi connectivity index (χ4v) is 1.99. The second-order valence-electron chi connectivity index (χ2n) is 4.20. The van der Waals surface area contributed by atoms with E-state index < -0.39 is 0 Å². The Morgan fingerprint density at radius 3 is 2.35 bits per heavy atom. The predicted molar refractivity (Wildman–Crippen MR) is 70.3 cm³/mol. The molecule has 17 heavy (non-hydrogen) atoms. The number of rotatable bonds is 7. The Balaban J connectivity index is 2.74. The first-order valence-corrected chi connectivity index (χ1v) is 6.33. The number of hydrogen-bond acceptors (Lipinski definition) is 3. The topological polar surface area (TPSA) is 55.5 Å². The maximum Gasteiger partial charge on any atom is 0.119 e. The van der Waals surface area contributed by atoms with Gasteiger partial charge in [0.25, 0.3) is 0 Å². The summed E-state index contributed by atoms with van der Waals surface area (Å²) in [6.45, 7) is 5.16. The van der Waals surface area contributed by atoms with Crippen LogP contribution in [-0.2, 0) is 0 Å². The molecular formula is C14H23NO2. The minimum Gasteiger partial charge on any atom is -0.494 e. The molecule has 3 nitrogen and oxygen atoms in total. The molecule has 0 heterocycles. The van der Waals surface area contributed by atoms with Crippen LogP contribution >= 0.6 is 0 Å². The fraction of sp³-hybridized carbons (Fsp3) is 0.571. The highest BCUT2D eigenvalue weighted by Gasteiger charge is 2.18. The van der Waals surface area contributed by atoms with Gasteiger partial charge in [-0.25, -0.2) is 0 Å². The highest BCUT2D eigenvalue weighted by molar-refractivity contribution is 5.30. The molecule has 0 amide bonds. The lowest BCUT2D eigenvalue weighted by molar-refractivity contribution is 0.135. The first kappa shape index (κ1) is 14.0. The second-order valence-corrected chi connectivity index (χ2v) is 4.20. The highest BCUT2D eigenvalue weighted by Crippen LogP contribution is 2.23. The summed E-state index contributed by atoms with van der Waals surface area (Å²) in [6, 6.07) is 7.84. The molecule has 0 aliphatic heterocycles. The van der Waals surface area contributed by atoms with E-state index in [0.717, 1.165) is 24.2 Å². The van der Waals surface area contributed by atoms with Crippen LogP contribution in [0.15, 0.2) is 24.3 Å². The lowest BCUT2D eigenvalue weighted by atomic mass is 9.91. The summed E-state index contributed by atoms with van der Waals surface area (Å²) in [4.78, 5) is 0. The second kappa shape index (κ2) is 7.30. The maximum absolute atomic E-state index is 10.0. The Kier molecular flexibility index (Phi) is 6.01. The zero-order chi connectivity index (χ0) is 12.7. The minimum absolute atomic E-state index is 0.0191. The highest BCUT2D eigenvalue weighted by atomic mass is 16.5. The Morgan fingerprint density at radius 2 is 1.88 bits per heavy atom. The molecule has 0 aliphatic rings. The van der Waals surface area contributed by atoms with Gasteiger partial charge in [-0.05, 0) is 31.0 Å². The van der Waals surface area contributed by atoms with E-state index in [0.29, 0.717) is 13.2 Å². The number of hydrogen-bond donors (Lipinski definition) is 2. The summed E-state index contributed by atoms with van der Waals surface area (Å²) in [5.41, 5.74) is 6.82. The molecule has 0 aliphatic carbocycles. The van der Waals surface area contributed by atoms with Crippen LogP contribution in [0.3, 0.4) is 0 Å². The molecule has 2 atom stereocenters. The van der Waals surface area contributed by atoms with E-state index in [9.17, 15) is 5.11 Å². The number of nitrogens with two attached hydrogens (primary N) is 1. The average molecular weight is 237 g/mol. The summed E-state index contributed by atoms with van der Waals surface area (Å²) in [6.07, 6.45) is 1.40. The monoisotopic (exact) mass is 237 g/mol. The normalized spacial score (nSPS) is 14.4. The molecule has 96 valence electrons. The average Bonchev–Trinajstić information content (AvgIpc) is 2.33. The third-order valence-corrected chi connectivity index (χ3v) is 2.92. The molecule has 1 aromatic carbocycles. The van der Waals surface area contributed by atoms with Crippen LogP contribution in [0.1, 0.15) is 38.2 Å². The summed E-state index contributed by atoms with van der Waals surface area (Å²) in [5, 5.41) is 10.0. The Morgan fingerprint density at radius 1 is 1.24 bits per heavy atom. The summed E-state index contributed by atoms with van der Waals surface area (Å²) in [7, 11) is 0. The fourth-order valence-electron chi connectivity index (χ4n) is 1.99. The van der Waals surface area contributed by atoms with Crippen LogP contribution in [0.5, 0.6) is 5.75 Å². The standard InChI is InChI=1S/C14H23NO2/c1-3-5-14(16)13(10-15)11-6-8-12(9-7-11)17-4-2/h6-9,13-14,16H,3-5,10,15H2,1-2H3. The lowest BCUT2D eigenvalue weighted by Crippen LogP contribution is -2.25. The van der Waals surface area contributed by atoms with Crippen molar-refractivity contribution in [2.75, 3.05) is 13.2 Å². The van der Waals surface area contributed by atoms with Crippen molar-refractivity contribution < 1.29 is 9.84 Å². The number of ether oxygens (including phenoxy) is 1. The molecular weight excluding hydrogens is 214 g/mol. The molecule has 0 radical (unpaired) electrons. The molecule has 2 unspecified atom stereocenters. The summed E-state index contributed by atoms with van der Waals surface area (Å²) in [5.74, 6) is 0.877. The van der Waals surface area contributed by atoms with Crippen LogP contribution in [0.25, 0.3) is 0 Å². The van der Waals surface area contributed by atoms with Gasteiger partial charge in [-0.15, -0.1) is 0 Å². The first-order valence-electron chi connectivity index (χ1n) is 6.33. The van der Waals surface area contributed by atoms with Gasteiger partial charge >= 0.3 is 0 Å². The van der Waals surface area contributed by atoms with E-state index in [1.54, 1.807) is 0 Å². The van der Waals surface area contributed by atoms with Crippen molar-refractivity contribution in [2.24, 2.45) is 5.73 Å². The molecule has 1 aromatic rings. The molecule has 0 saturated carbocycles. The number of benzene rings is 1. The van der Waals surface area contributed by atoms with Gasteiger partial charge in [0.15, 0.2) is 0 Å². The summed E-state index contributed by atoms with van der Waals surface area (Å²) >= 11 is 0. The van der Waals surface area contributed by atoms with E-state index in [4.69, 9.17) is 10.5 Å². The van der Waals surface area contributed by atoms with Crippen molar-refractivity contribution in [3.63, 3.8) is 0 Å². The van der Waals surface area contributed by atoms with Crippen LogP contribution in [0.4, 0.5) is 0 Å². The summed E-state index contributed by atoms with van der Waals surface area (Å²) < 4.78 is 5.39. The zero-order valence-electron chi connectivity index (χ0n) is 10.7. The van der Waals surface area contributed by atoms with Gasteiger partial charge in [-0.2, -0.15) is 0 Å². The predicted octanol–water partition coefficient (Wildman–Crippen LogP) is 2.29. The molecule has 0 saturated heterocycles. The van der Waals surface area contributed by atoms with Gasteiger partial charge in [0.1, 0.15) is 5.75 Å². The van der Waals surface area contributed by atoms with E-state index in [1.165, 1.54) is 0 Å². The van der Waals surface area contributed by atoms with Crippen molar-refractivity contribution in [1.29, 1.82) is 0 Å². The molecule has 3 heteroatoms. The molecule has 0 aromatic heterocycles. The first-order chi connectivity index (χ1) is 8.22. The molecule has 1 rings (SSSR count). The quantitative estimate of drug-likeness (QED) is 0.765. The van der Waals surface area contributed by atoms with E-state index in [2.05, 4.69) is 6.92 Å². The van der Waals surface area contributed by atoms with E-state index in [-0.39, 0.29) is 12.0 Å². The van der Waals surface area contributed by atoms with Crippen LogP contribution in [0, 0.1) is 0 Å². The van der Waals surface area contributed by atoms with Gasteiger partial charge in [0.2, 0.25) is 0 Å². The van der Waals surface area contributed by atoms with Gasteiger partial charge < -0.3 is 15.6 Å². The molecule has 0 spiro atoms. The van der Waals surface area contributed by atoms with Crippen molar-refractivity contribution in [3.8, 4) is 5.75 Å². The van der Waals surface area contributed by atoms with Crippen molar-refractivity contribution in [3.05, 3.63) is 29.8 Å². The van der Waals surface area contributed by atoms with Crippen LogP contribution in [-0.4, -0.2) is 24.4 Å². The smallest absolute Gasteiger partial charge is 0.119 e. The van der Waals surface area contributed by atoms with Gasteiger partial charge in [-0.3, -0.25) is 0 Å². The number of aliphatic hydroxyl groups is 1.